The molecule has 29 heavy (non-hydrogen) atoms. The van der Waals surface area contributed by atoms with Crippen LogP contribution in [-0.4, -0.2) is 24.2 Å². The second-order valence-corrected chi connectivity index (χ2v) is 7.51. The average Bonchev–Trinajstić information content (AvgIpc) is 3.38. The van der Waals surface area contributed by atoms with E-state index in [2.05, 4.69) is 48.5 Å². The molecule has 0 bridgehead atoms. The van der Waals surface area contributed by atoms with Crippen LogP contribution in [0.2, 0.25) is 0 Å². The SMILES string of the molecule is CCCCNC(=O)C[C@H](c1ccc2c(c1)OCO2)c1c[nH]c2c(CC)cccc12. The molecule has 3 aromatic rings. The molecule has 0 aliphatic carbocycles. The maximum atomic E-state index is 12.7. The first-order valence-electron chi connectivity index (χ1n) is 10.5. The normalized spacial score (nSPS) is 13.6. The molecule has 0 unspecified atom stereocenters. The number of ether oxygens (including phenoxy) is 2. The molecule has 0 spiro atoms. The maximum Gasteiger partial charge on any atom is 0.231 e. The molecule has 5 heteroatoms. The summed E-state index contributed by atoms with van der Waals surface area (Å²) in [5.41, 5.74) is 4.63. The van der Waals surface area contributed by atoms with Crippen molar-refractivity contribution in [3.05, 3.63) is 59.3 Å². The molecule has 1 aromatic heterocycles. The number of amides is 1. The Morgan fingerprint density at radius 3 is 2.86 bits per heavy atom. The smallest absolute Gasteiger partial charge is 0.231 e. The number of H-pyrrole nitrogens is 1. The van der Waals surface area contributed by atoms with Crippen molar-refractivity contribution in [3.63, 3.8) is 0 Å². The van der Waals surface area contributed by atoms with Gasteiger partial charge in [0.2, 0.25) is 12.7 Å². The number of para-hydroxylation sites is 1. The van der Waals surface area contributed by atoms with Crippen molar-refractivity contribution in [2.75, 3.05) is 13.3 Å². The van der Waals surface area contributed by atoms with E-state index >= 15 is 0 Å². The van der Waals surface area contributed by atoms with Crippen LogP contribution in [-0.2, 0) is 11.2 Å². The Balaban J connectivity index is 1.71. The summed E-state index contributed by atoms with van der Waals surface area (Å²) in [5, 5.41) is 4.24. The van der Waals surface area contributed by atoms with Crippen molar-refractivity contribution >= 4 is 16.8 Å². The van der Waals surface area contributed by atoms with E-state index in [1.165, 1.54) is 10.9 Å². The van der Waals surface area contributed by atoms with Crippen LogP contribution in [0.4, 0.5) is 0 Å². The molecule has 2 heterocycles. The number of aryl methyl sites for hydroxylation is 1. The predicted octanol–water partition coefficient (Wildman–Crippen LogP) is 4.90. The molecule has 2 aromatic carbocycles. The Kier molecular flexibility index (Phi) is 5.74. The lowest BCUT2D eigenvalue weighted by Gasteiger charge is -2.18. The van der Waals surface area contributed by atoms with Gasteiger partial charge in [-0.1, -0.05) is 44.5 Å². The van der Waals surface area contributed by atoms with E-state index in [0.29, 0.717) is 6.42 Å². The van der Waals surface area contributed by atoms with E-state index < -0.39 is 0 Å². The van der Waals surface area contributed by atoms with Crippen LogP contribution in [0.25, 0.3) is 10.9 Å². The van der Waals surface area contributed by atoms with Gasteiger partial charge in [-0.25, -0.2) is 0 Å². The predicted molar refractivity (Wildman–Crippen MR) is 115 cm³/mol. The zero-order chi connectivity index (χ0) is 20.2. The van der Waals surface area contributed by atoms with Gasteiger partial charge in [-0.05, 0) is 41.7 Å². The Bertz CT molecular complexity index is 1010. The van der Waals surface area contributed by atoms with Crippen molar-refractivity contribution in [2.24, 2.45) is 0 Å². The van der Waals surface area contributed by atoms with Gasteiger partial charge in [-0.2, -0.15) is 0 Å². The van der Waals surface area contributed by atoms with Crippen LogP contribution in [0.5, 0.6) is 11.5 Å². The zero-order valence-corrected chi connectivity index (χ0v) is 17.1. The summed E-state index contributed by atoms with van der Waals surface area (Å²) in [6.45, 7) is 5.25. The van der Waals surface area contributed by atoms with Gasteiger partial charge in [0, 0.05) is 36.0 Å². The van der Waals surface area contributed by atoms with E-state index in [-0.39, 0.29) is 18.6 Å². The molecule has 1 aliphatic rings. The molecule has 0 radical (unpaired) electrons. The molecule has 1 atom stereocenters. The first-order valence-corrected chi connectivity index (χ1v) is 10.5. The number of hydrogen-bond donors (Lipinski definition) is 2. The van der Waals surface area contributed by atoms with Crippen molar-refractivity contribution < 1.29 is 14.3 Å². The number of carbonyl (C=O) groups excluding carboxylic acids is 1. The number of benzene rings is 2. The molecular weight excluding hydrogens is 364 g/mol. The van der Waals surface area contributed by atoms with Crippen molar-refractivity contribution in [3.8, 4) is 11.5 Å². The quantitative estimate of drug-likeness (QED) is 0.536. The minimum absolute atomic E-state index is 0.0630. The third kappa shape index (κ3) is 3.95. The topological polar surface area (TPSA) is 63.4 Å². The van der Waals surface area contributed by atoms with Crippen LogP contribution in [0.1, 0.15) is 55.7 Å². The third-order valence-corrected chi connectivity index (χ3v) is 5.63. The van der Waals surface area contributed by atoms with Crippen LogP contribution < -0.4 is 14.8 Å². The highest BCUT2D eigenvalue weighted by molar-refractivity contribution is 5.88. The second kappa shape index (κ2) is 8.60. The van der Waals surface area contributed by atoms with Gasteiger partial charge in [-0.15, -0.1) is 0 Å². The third-order valence-electron chi connectivity index (χ3n) is 5.63. The maximum absolute atomic E-state index is 12.7. The first-order chi connectivity index (χ1) is 14.2. The lowest BCUT2D eigenvalue weighted by molar-refractivity contribution is -0.121. The molecule has 152 valence electrons. The molecule has 1 aliphatic heterocycles. The molecule has 2 N–H and O–H groups in total. The second-order valence-electron chi connectivity index (χ2n) is 7.51. The number of aromatic nitrogens is 1. The highest BCUT2D eigenvalue weighted by Crippen LogP contribution is 2.39. The number of fused-ring (bicyclic) bond motifs is 2. The van der Waals surface area contributed by atoms with E-state index in [1.807, 2.05) is 18.2 Å². The van der Waals surface area contributed by atoms with Gasteiger partial charge in [0.05, 0.1) is 0 Å². The van der Waals surface area contributed by atoms with E-state index in [4.69, 9.17) is 9.47 Å². The van der Waals surface area contributed by atoms with Gasteiger partial charge in [0.15, 0.2) is 11.5 Å². The van der Waals surface area contributed by atoms with E-state index in [0.717, 1.165) is 53.9 Å². The average molecular weight is 392 g/mol. The molecular formula is C24H28N2O3. The summed E-state index contributed by atoms with van der Waals surface area (Å²) in [5.74, 6) is 1.51. The number of hydrogen-bond acceptors (Lipinski definition) is 3. The Hall–Kier alpha value is -2.95. The van der Waals surface area contributed by atoms with Crippen LogP contribution in [0.15, 0.2) is 42.6 Å². The van der Waals surface area contributed by atoms with Crippen LogP contribution in [0, 0.1) is 0 Å². The summed E-state index contributed by atoms with van der Waals surface area (Å²) in [6.07, 6.45) is 5.47. The number of rotatable bonds is 8. The fourth-order valence-electron chi connectivity index (χ4n) is 4.02. The Labute approximate surface area is 171 Å². The van der Waals surface area contributed by atoms with Gasteiger partial charge in [0.1, 0.15) is 0 Å². The summed E-state index contributed by atoms with van der Waals surface area (Å²) in [6, 6.07) is 12.4. The molecule has 4 rings (SSSR count). The van der Waals surface area contributed by atoms with Gasteiger partial charge in [0.25, 0.3) is 0 Å². The van der Waals surface area contributed by atoms with Crippen molar-refractivity contribution in [1.29, 1.82) is 0 Å². The molecule has 0 fully saturated rings. The molecule has 5 nitrogen and oxygen atoms in total. The van der Waals surface area contributed by atoms with Crippen LogP contribution in [0.3, 0.4) is 0 Å². The standard InChI is InChI=1S/C24H28N2O3/c1-3-5-11-25-23(27)13-19(17-9-10-21-22(12-17)29-15-28-21)20-14-26-24-16(4-2)7-6-8-18(20)24/h6-10,12,14,19,26H,3-5,11,13,15H2,1-2H3,(H,25,27)/t19-/m1/s1. The van der Waals surface area contributed by atoms with E-state index in [1.54, 1.807) is 0 Å². The monoisotopic (exact) mass is 392 g/mol. The van der Waals surface area contributed by atoms with Gasteiger partial charge >= 0.3 is 0 Å². The van der Waals surface area contributed by atoms with E-state index in [9.17, 15) is 4.79 Å². The van der Waals surface area contributed by atoms with Crippen LogP contribution >= 0.6 is 0 Å². The van der Waals surface area contributed by atoms with Crippen molar-refractivity contribution in [2.45, 2.75) is 45.4 Å². The molecule has 0 saturated heterocycles. The fourth-order valence-corrected chi connectivity index (χ4v) is 4.02. The highest BCUT2D eigenvalue weighted by Gasteiger charge is 2.24. The Morgan fingerprint density at radius 2 is 2.03 bits per heavy atom. The lowest BCUT2D eigenvalue weighted by atomic mass is 9.87. The summed E-state index contributed by atoms with van der Waals surface area (Å²) < 4.78 is 11.0. The van der Waals surface area contributed by atoms with Gasteiger partial charge < -0.3 is 19.8 Å². The molecule has 0 saturated carbocycles. The summed E-state index contributed by atoms with van der Waals surface area (Å²) in [7, 11) is 0. The van der Waals surface area contributed by atoms with Crippen molar-refractivity contribution in [1.82, 2.24) is 10.3 Å². The summed E-state index contributed by atoms with van der Waals surface area (Å²) in [4.78, 5) is 16.2. The fraction of sp³-hybridized carbons (Fsp3) is 0.375. The first kappa shape index (κ1) is 19.4. The summed E-state index contributed by atoms with van der Waals surface area (Å²) >= 11 is 0. The zero-order valence-electron chi connectivity index (χ0n) is 17.1. The lowest BCUT2D eigenvalue weighted by Crippen LogP contribution is -2.26. The minimum Gasteiger partial charge on any atom is -0.454 e. The highest BCUT2D eigenvalue weighted by atomic mass is 16.7. The number of nitrogens with one attached hydrogen (secondary N) is 2. The number of carbonyl (C=O) groups is 1. The largest absolute Gasteiger partial charge is 0.454 e. The number of aromatic amines is 1. The minimum atomic E-state index is -0.0630. The molecule has 1 amide bonds. The Morgan fingerprint density at radius 1 is 1.17 bits per heavy atom. The number of unbranched alkanes of at least 4 members (excludes halogenated alkanes) is 1. The van der Waals surface area contributed by atoms with Gasteiger partial charge in [-0.3, -0.25) is 4.79 Å².